The minimum Gasteiger partial charge on any atom is -0.499 e. The van der Waals surface area contributed by atoms with Crippen molar-refractivity contribution in [2.24, 2.45) is 0 Å². The molecule has 0 bridgehead atoms. The van der Waals surface area contributed by atoms with Crippen LogP contribution in [0.3, 0.4) is 0 Å². The van der Waals surface area contributed by atoms with Gasteiger partial charge in [-0.05, 0) is 54.9 Å². The lowest BCUT2D eigenvalue weighted by molar-refractivity contribution is -0.145. The van der Waals surface area contributed by atoms with E-state index >= 15 is 0 Å². The number of aliphatic carboxylic acids is 1. The fourth-order valence-electron chi connectivity index (χ4n) is 7.33. The highest BCUT2D eigenvalue weighted by Crippen LogP contribution is 2.50. The van der Waals surface area contributed by atoms with Gasteiger partial charge in [-0.15, -0.1) is 11.3 Å². The number of carbonyl (C=O) groups is 1. The number of nitrogens with zero attached hydrogens (tertiary/aromatic N) is 6. The minimum atomic E-state index is -4.52. The highest BCUT2D eigenvalue weighted by Gasteiger charge is 2.37. The van der Waals surface area contributed by atoms with Gasteiger partial charge in [0.25, 0.3) is 6.01 Å². The van der Waals surface area contributed by atoms with Gasteiger partial charge in [0.05, 0.1) is 26.4 Å². The summed E-state index contributed by atoms with van der Waals surface area (Å²) in [5, 5.41) is 13.9. The fraction of sp³-hybridized carbons (Fsp3) is 0.333. The summed E-state index contributed by atoms with van der Waals surface area (Å²) in [6.07, 6.45) is -3.58. The Bertz CT molecular complexity index is 2500. The number of carboxylic acid groups (broad SMARTS) is 1. The van der Waals surface area contributed by atoms with Crippen LogP contribution in [0.2, 0.25) is 5.02 Å². The number of thiophene rings is 1. The molecule has 5 heterocycles. The molecule has 1 saturated heterocycles. The predicted molar refractivity (Wildman–Crippen MR) is 227 cm³/mol. The van der Waals surface area contributed by atoms with Crippen molar-refractivity contribution in [3.05, 3.63) is 95.0 Å². The van der Waals surface area contributed by atoms with E-state index in [2.05, 4.69) is 31.9 Å². The minimum absolute atomic E-state index is 0.0680. The Labute approximate surface area is 354 Å². The third-order valence-corrected chi connectivity index (χ3v) is 12.1. The number of carboxylic acids is 1. The first-order chi connectivity index (χ1) is 28.5. The maximum atomic E-state index is 14.4. The smallest absolute Gasteiger partial charge is 0.408 e. The van der Waals surface area contributed by atoms with Crippen LogP contribution in [0.25, 0.3) is 32.0 Å². The van der Waals surface area contributed by atoms with Crippen molar-refractivity contribution in [3.63, 3.8) is 0 Å². The van der Waals surface area contributed by atoms with E-state index in [-0.39, 0.29) is 23.1 Å². The number of likely N-dealkylation sites (N-methyl/N-ethyl adjacent to an activating group) is 1. The summed E-state index contributed by atoms with van der Waals surface area (Å²) in [5.41, 5.74) is 2.30. The lowest BCUT2D eigenvalue weighted by Gasteiger charge is -2.32. The Morgan fingerprint density at radius 3 is 2.50 bits per heavy atom. The third kappa shape index (κ3) is 9.31. The Hall–Kier alpha value is -5.04. The maximum absolute atomic E-state index is 14.4. The van der Waals surface area contributed by atoms with Crippen LogP contribution in [0.1, 0.15) is 22.6 Å². The van der Waals surface area contributed by atoms with Gasteiger partial charge in [0, 0.05) is 56.4 Å². The number of benzene rings is 2. The van der Waals surface area contributed by atoms with Crippen molar-refractivity contribution in [1.29, 1.82) is 0 Å². The normalized spacial score (nSPS) is 15.2. The number of furan rings is 1. The summed E-state index contributed by atoms with van der Waals surface area (Å²) in [6, 6.07) is 13.5. The fourth-order valence-corrected chi connectivity index (χ4v) is 8.66. The van der Waals surface area contributed by atoms with Gasteiger partial charge in [-0.1, -0.05) is 35.9 Å². The molecule has 0 radical (unpaired) electrons. The lowest BCUT2D eigenvalue weighted by Crippen LogP contribution is -2.45. The average Bonchev–Trinajstić information content (AvgIpc) is 3.94. The number of halogens is 5. The summed E-state index contributed by atoms with van der Waals surface area (Å²) >= 11 is 8.16. The maximum Gasteiger partial charge on any atom is 0.408 e. The lowest BCUT2D eigenvalue weighted by atomic mass is 9.63. The number of aromatic nitrogens is 4. The van der Waals surface area contributed by atoms with Gasteiger partial charge in [-0.2, -0.15) is 22.7 Å². The number of hydrogen-bond acceptors (Lipinski definition) is 11. The van der Waals surface area contributed by atoms with E-state index in [9.17, 15) is 27.5 Å². The molecule has 0 amide bonds. The zero-order chi connectivity index (χ0) is 42.9. The highest BCUT2D eigenvalue weighted by molar-refractivity contribution is 7.22. The van der Waals surface area contributed by atoms with E-state index in [0.717, 1.165) is 37.4 Å². The van der Waals surface area contributed by atoms with Crippen LogP contribution in [-0.4, -0.2) is 123 Å². The Kier molecular flexibility index (Phi) is 12.6. The van der Waals surface area contributed by atoms with E-state index in [4.69, 9.17) is 30.2 Å². The molecule has 312 valence electrons. The van der Waals surface area contributed by atoms with Gasteiger partial charge in [0.1, 0.15) is 49.4 Å². The van der Waals surface area contributed by atoms with Gasteiger partial charge in [-0.3, -0.25) is 9.58 Å². The van der Waals surface area contributed by atoms with Crippen LogP contribution in [0, 0.1) is 12.9 Å². The molecule has 7 rings (SSSR count). The van der Waals surface area contributed by atoms with E-state index in [1.807, 2.05) is 13.0 Å². The number of fused-ring (bicyclic) bond motifs is 1. The number of ether oxygens (including phenoxy) is 3. The molecule has 0 saturated carbocycles. The number of rotatable bonds is 15. The van der Waals surface area contributed by atoms with Crippen LogP contribution in [0.15, 0.2) is 71.5 Å². The first kappa shape index (κ1) is 43.1. The SMILES string of the molecule is B[C@@H](c1ccccc1OC(B)(B)c1ccnn1CC(F)(F)F)[C@@H](Oc1ncnc2sc(-c3ccc(F)o3)c(-c3ccc(OCCN4CCN(C)CC4)c(Cl)c3C)c12)C(=O)O. The quantitative estimate of drug-likeness (QED) is 0.113. The molecule has 1 aliphatic rings. The Morgan fingerprint density at radius 2 is 1.80 bits per heavy atom. The van der Waals surface area contributed by atoms with Gasteiger partial charge in [0.2, 0.25) is 5.88 Å². The molecule has 60 heavy (non-hydrogen) atoms. The molecule has 0 aliphatic carbocycles. The zero-order valence-corrected chi connectivity index (χ0v) is 35.0. The molecule has 1 fully saturated rings. The second-order valence-electron chi connectivity index (χ2n) is 15.1. The Morgan fingerprint density at radius 1 is 1.05 bits per heavy atom. The van der Waals surface area contributed by atoms with E-state index < -0.39 is 42.0 Å². The van der Waals surface area contributed by atoms with Crippen molar-refractivity contribution < 1.29 is 46.1 Å². The van der Waals surface area contributed by atoms with Gasteiger partial charge in [0.15, 0.2) is 21.8 Å². The zero-order valence-electron chi connectivity index (χ0n) is 33.4. The molecule has 1 N–H and O–H groups in total. The van der Waals surface area contributed by atoms with E-state index in [1.54, 1.807) is 53.9 Å². The van der Waals surface area contributed by atoms with Crippen molar-refractivity contribution in [2.75, 3.05) is 46.4 Å². The molecule has 6 aromatic rings. The van der Waals surface area contributed by atoms with Gasteiger partial charge in [-0.25, -0.2) is 14.8 Å². The number of hydrogen-bond donors (Lipinski definition) is 1. The Balaban J connectivity index is 1.23. The van der Waals surface area contributed by atoms with Crippen molar-refractivity contribution >= 4 is 62.7 Å². The van der Waals surface area contributed by atoms with Crippen LogP contribution >= 0.6 is 22.9 Å². The van der Waals surface area contributed by atoms with Crippen LogP contribution in [0.4, 0.5) is 17.6 Å². The summed E-state index contributed by atoms with van der Waals surface area (Å²) in [4.78, 5) is 27.5. The molecule has 0 unspecified atom stereocenters. The molecular weight excluding hydrogens is 824 g/mol. The molecular formula is C39H40B3ClF4N6O6S. The molecule has 12 nitrogen and oxygen atoms in total. The molecule has 0 spiro atoms. The summed E-state index contributed by atoms with van der Waals surface area (Å²) < 4.78 is 79.7. The summed E-state index contributed by atoms with van der Waals surface area (Å²) in [6.45, 7) is 5.52. The summed E-state index contributed by atoms with van der Waals surface area (Å²) in [7, 11) is 6.94. The van der Waals surface area contributed by atoms with Crippen molar-refractivity contribution in [3.8, 4) is 39.1 Å². The number of piperazine rings is 1. The van der Waals surface area contributed by atoms with Gasteiger partial charge < -0.3 is 28.6 Å². The van der Waals surface area contributed by atoms with Crippen LogP contribution < -0.4 is 14.2 Å². The molecule has 4 aromatic heterocycles. The van der Waals surface area contributed by atoms with Crippen LogP contribution in [-0.2, 0) is 16.7 Å². The predicted octanol–water partition coefficient (Wildman–Crippen LogP) is 4.77. The molecule has 1 aliphatic heterocycles. The number of para-hydroxylation sites is 1. The van der Waals surface area contributed by atoms with Crippen molar-refractivity contribution in [1.82, 2.24) is 29.5 Å². The second-order valence-corrected chi connectivity index (χ2v) is 16.5. The molecule has 2 atom stereocenters. The monoisotopic (exact) mass is 864 g/mol. The average molecular weight is 865 g/mol. The summed E-state index contributed by atoms with van der Waals surface area (Å²) in [5.74, 6) is -1.38. The third-order valence-electron chi connectivity index (χ3n) is 10.5. The van der Waals surface area contributed by atoms with E-state index in [0.29, 0.717) is 54.7 Å². The number of alkyl halides is 3. The topological polar surface area (TPSA) is 128 Å². The van der Waals surface area contributed by atoms with Gasteiger partial charge >= 0.3 is 12.1 Å². The van der Waals surface area contributed by atoms with E-state index in [1.165, 1.54) is 42.1 Å². The van der Waals surface area contributed by atoms with Crippen LogP contribution in [0.5, 0.6) is 17.4 Å². The second kappa shape index (κ2) is 17.5. The first-order valence-corrected chi connectivity index (χ1v) is 20.3. The van der Waals surface area contributed by atoms with Crippen molar-refractivity contribution in [2.45, 2.75) is 37.0 Å². The molecule has 2 aromatic carbocycles. The standard InChI is InChI=1S/C39H40B3ClF4N6O6S/c1-21-22(7-8-25(32(21)43)56-18-17-52-15-13-51(2)14-16-52)29-30-35(48-20-49-36(30)60-34(29)26-9-10-28(44)57-26)58-33(37(54)55)31(40)23-5-3-4-6-24(23)59-39(41,42)27-11-12-50-53(27)19-38(45,46)47/h3-12,20,31,33H,13-19,40-42H2,1-2H3,(H,54,55)/t31-,33+/m0/s1. The molecule has 21 heteroatoms. The first-order valence-electron chi connectivity index (χ1n) is 19.1. The largest absolute Gasteiger partial charge is 0.499 e. The highest BCUT2D eigenvalue weighted by atomic mass is 35.5.